The lowest BCUT2D eigenvalue weighted by atomic mass is 10.2. The van der Waals surface area contributed by atoms with E-state index in [-0.39, 0.29) is 21.2 Å². The van der Waals surface area contributed by atoms with Crippen LogP contribution in [-0.2, 0) is 10.0 Å². The zero-order valence-corrected chi connectivity index (χ0v) is 13.4. The highest BCUT2D eigenvalue weighted by molar-refractivity contribution is 9.10. The quantitative estimate of drug-likeness (QED) is 0.865. The van der Waals surface area contributed by atoms with E-state index in [2.05, 4.69) is 20.7 Å². The molecule has 0 amide bonds. The van der Waals surface area contributed by atoms with Crippen LogP contribution in [0, 0.1) is 17.1 Å². The second-order valence-electron chi connectivity index (χ2n) is 3.98. The lowest BCUT2D eigenvalue weighted by molar-refractivity contribution is 0.601. The standard InChI is InChI=1S/C13H7BrClFN2O2S/c14-11-4-2-9(16)5-13(11)18-21(19,20)10-3-1-8(7-17)12(15)6-10/h1-6,18H. The summed E-state index contributed by atoms with van der Waals surface area (Å²) in [4.78, 5) is -0.123. The van der Waals surface area contributed by atoms with Gasteiger partial charge in [0.25, 0.3) is 10.0 Å². The monoisotopic (exact) mass is 388 g/mol. The van der Waals surface area contributed by atoms with Gasteiger partial charge in [-0.3, -0.25) is 4.72 Å². The molecule has 0 bridgehead atoms. The van der Waals surface area contributed by atoms with Crippen LogP contribution >= 0.6 is 27.5 Å². The van der Waals surface area contributed by atoms with Crippen molar-refractivity contribution in [2.45, 2.75) is 4.90 Å². The summed E-state index contributed by atoms with van der Waals surface area (Å²) >= 11 is 8.94. The van der Waals surface area contributed by atoms with Gasteiger partial charge in [-0.05, 0) is 52.3 Å². The fraction of sp³-hybridized carbons (Fsp3) is 0. The summed E-state index contributed by atoms with van der Waals surface area (Å²) in [6, 6.07) is 9.18. The topological polar surface area (TPSA) is 70.0 Å². The first-order valence-corrected chi connectivity index (χ1v) is 8.16. The van der Waals surface area contributed by atoms with Crippen LogP contribution in [0.15, 0.2) is 45.8 Å². The fourth-order valence-electron chi connectivity index (χ4n) is 1.53. The van der Waals surface area contributed by atoms with Gasteiger partial charge in [-0.2, -0.15) is 5.26 Å². The number of hydrogen-bond donors (Lipinski definition) is 1. The van der Waals surface area contributed by atoms with E-state index in [4.69, 9.17) is 16.9 Å². The molecule has 0 aromatic heterocycles. The summed E-state index contributed by atoms with van der Waals surface area (Å²) in [5.74, 6) is -0.575. The van der Waals surface area contributed by atoms with Crippen LogP contribution in [0.5, 0.6) is 0 Å². The number of benzene rings is 2. The number of sulfonamides is 1. The number of anilines is 1. The number of nitriles is 1. The van der Waals surface area contributed by atoms with Crippen molar-refractivity contribution >= 4 is 43.2 Å². The Labute approximate surface area is 134 Å². The molecule has 0 radical (unpaired) electrons. The molecule has 4 nitrogen and oxygen atoms in total. The Kier molecular flexibility index (Phi) is 4.52. The summed E-state index contributed by atoms with van der Waals surface area (Å²) in [6.45, 7) is 0. The molecule has 0 spiro atoms. The molecular weight excluding hydrogens is 383 g/mol. The summed E-state index contributed by atoms with van der Waals surface area (Å²) < 4.78 is 40.3. The van der Waals surface area contributed by atoms with E-state index in [1.807, 2.05) is 6.07 Å². The zero-order valence-electron chi connectivity index (χ0n) is 10.3. The Balaban J connectivity index is 2.41. The molecule has 1 N–H and O–H groups in total. The Morgan fingerprint density at radius 1 is 1.24 bits per heavy atom. The van der Waals surface area contributed by atoms with E-state index in [1.165, 1.54) is 24.3 Å². The molecule has 21 heavy (non-hydrogen) atoms. The zero-order chi connectivity index (χ0) is 15.6. The Morgan fingerprint density at radius 3 is 2.57 bits per heavy atom. The van der Waals surface area contributed by atoms with Crippen LogP contribution in [0.3, 0.4) is 0 Å². The second-order valence-corrected chi connectivity index (χ2v) is 6.93. The van der Waals surface area contributed by atoms with Gasteiger partial charge in [0.05, 0.1) is 21.2 Å². The summed E-state index contributed by atoms with van der Waals surface area (Å²) in [5, 5.41) is 8.79. The predicted molar refractivity (Wildman–Crippen MR) is 81.1 cm³/mol. The first-order chi connectivity index (χ1) is 9.83. The predicted octanol–water partition coefficient (Wildman–Crippen LogP) is 3.91. The molecule has 2 rings (SSSR count). The van der Waals surface area contributed by atoms with Gasteiger partial charge in [-0.25, -0.2) is 12.8 Å². The van der Waals surface area contributed by atoms with E-state index in [0.717, 1.165) is 12.1 Å². The SMILES string of the molecule is N#Cc1ccc(S(=O)(=O)Nc2cc(F)ccc2Br)cc1Cl. The maximum Gasteiger partial charge on any atom is 0.261 e. The molecule has 0 aliphatic carbocycles. The molecule has 0 atom stereocenters. The highest BCUT2D eigenvalue weighted by atomic mass is 79.9. The molecule has 0 heterocycles. The molecule has 0 fully saturated rings. The minimum atomic E-state index is -3.94. The minimum Gasteiger partial charge on any atom is -0.278 e. The number of halogens is 3. The molecule has 0 saturated carbocycles. The van der Waals surface area contributed by atoms with Crippen LogP contribution in [0.4, 0.5) is 10.1 Å². The van der Waals surface area contributed by atoms with Crippen molar-refractivity contribution in [3.8, 4) is 6.07 Å². The second kappa shape index (κ2) is 6.02. The fourth-order valence-corrected chi connectivity index (χ4v) is 3.39. The molecule has 0 saturated heterocycles. The molecular formula is C13H7BrClFN2O2S. The average molecular weight is 390 g/mol. The van der Waals surface area contributed by atoms with Gasteiger partial charge in [0.2, 0.25) is 0 Å². The number of hydrogen-bond acceptors (Lipinski definition) is 3. The van der Waals surface area contributed by atoms with Crippen LogP contribution in [-0.4, -0.2) is 8.42 Å². The van der Waals surface area contributed by atoms with Gasteiger partial charge >= 0.3 is 0 Å². The largest absolute Gasteiger partial charge is 0.278 e. The third-order valence-electron chi connectivity index (χ3n) is 2.54. The molecule has 108 valence electrons. The van der Waals surface area contributed by atoms with E-state index < -0.39 is 15.8 Å². The van der Waals surface area contributed by atoms with Crippen LogP contribution < -0.4 is 4.72 Å². The number of nitrogens with zero attached hydrogens (tertiary/aromatic N) is 1. The molecule has 2 aromatic rings. The van der Waals surface area contributed by atoms with Gasteiger partial charge in [0.1, 0.15) is 11.9 Å². The maximum absolute atomic E-state index is 13.2. The van der Waals surface area contributed by atoms with Crippen LogP contribution in [0.1, 0.15) is 5.56 Å². The summed E-state index contributed by atoms with van der Waals surface area (Å²) in [7, 11) is -3.94. The Bertz CT molecular complexity index is 850. The van der Waals surface area contributed by atoms with Crippen molar-refractivity contribution in [3.63, 3.8) is 0 Å². The Morgan fingerprint density at radius 2 is 1.95 bits per heavy atom. The molecule has 0 unspecified atom stereocenters. The van der Waals surface area contributed by atoms with Crippen molar-refractivity contribution in [2.75, 3.05) is 4.72 Å². The van der Waals surface area contributed by atoms with Gasteiger partial charge in [0.15, 0.2) is 0 Å². The maximum atomic E-state index is 13.2. The van der Waals surface area contributed by atoms with E-state index in [0.29, 0.717) is 4.47 Å². The molecule has 0 aliphatic heterocycles. The minimum absolute atomic E-state index is 0.0266. The van der Waals surface area contributed by atoms with Crippen molar-refractivity contribution in [3.05, 3.63) is 57.3 Å². The van der Waals surface area contributed by atoms with Crippen molar-refractivity contribution in [2.24, 2.45) is 0 Å². The Hall–Kier alpha value is -1.62. The highest BCUT2D eigenvalue weighted by Crippen LogP contribution is 2.27. The van der Waals surface area contributed by atoms with E-state index in [9.17, 15) is 12.8 Å². The molecule has 0 aliphatic rings. The lowest BCUT2D eigenvalue weighted by Crippen LogP contribution is -2.13. The van der Waals surface area contributed by atoms with Gasteiger partial charge in [-0.1, -0.05) is 11.6 Å². The molecule has 8 heteroatoms. The van der Waals surface area contributed by atoms with Gasteiger partial charge in [0, 0.05) is 4.47 Å². The highest BCUT2D eigenvalue weighted by Gasteiger charge is 2.17. The third kappa shape index (κ3) is 3.53. The number of rotatable bonds is 3. The van der Waals surface area contributed by atoms with Crippen molar-refractivity contribution in [1.82, 2.24) is 0 Å². The number of nitrogens with one attached hydrogen (secondary N) is 1. The average Bonchev–Trinajstić information content (AvgIpc) is 2.42. The third-order valence-corrected chi connectivity index (χ3v) is 4.91. The smallest absolute Gasteiger partial charge is 0.261 e. The normalized spacial score (nSPS) is 11.0. The van der Waals surface area contributed by atoms with E-state index in [1.54, 1.807) is 0 Å². The summed E-state index contributed by atoms with van der Waals surface area (Å²) in [5.41, 5.74) is 0.234. The first-order valence-electron chi connectivity index (χ1n) is 5.51. The van der Waals surface area contributed by atoms with E-state index >= 15 is 0 Å². The summed E-state index contributed by atoms with van der Waals surface area (Å²) in [6.07, 6.45) is 0. The van der Waals surface area contributed by atoms with Crippen molar-refractivity contribution in [1.29, 1.82) is 5.26 Å². The molecule has 2 aromatic carbocycles. The first kappa shape index (κ1) is 15.8. The van der Waals surface area contributed by atoms with Gasteiger partial charge < -0.3 is 0 Å². The van der Waals surface area contributed by atoms with Crippen LogP contribution in [0.25, 0.3) is 0 Å². The lowest BCUT2D eigenvalue weighted by Gasteiger charge is -2.10. The van der Waals surface area contributed by atoms with Gasteiger partial charge in [-0.15, -0.1) is 0 Å². The van der Waals surface area contributed by atoms with Crippen molar-refractivity contribution < 1.29 is 12.8 Å². The van der Waals surface area contributed by atoms with Crippen LogP contribution in [0.2, 0.25) is 5.02 Å².